The van der Waals surface area contributed by atoms with Crippen LogP contribution >= 0.6 is 11.6 Å². The van der Waals surface area contributed by atoms with E-state index in [0.29, 0.717) is 30.5 Å². The van der Waals surface area contributed by atoms with Gasteiger partial charge in [0.05, 0.1) is 19.3 Å². The number of morpholine rings is 1. The molecule has 1 saturated heterocycles. The van der Waals surface area contributed by atoms with E-state index < -0.39 is 0 Å². The van der Waals surface area contributed by atoms with Crippen LogP contribution in [0.4, 0.5) is 4.39 Å². The number of benzene rings is 2. The van der Waals surface area contributed by atoms with Crippen LogP contribution in [0.25, 0.3) is 0 Å². The van der Waals surface area contributed by atoms with Gasteiger partial charge in [-0.2, -0.15) is 0 Å². The summed E-state index contributed by atoms with van der Waals surface area (Å²) in [6.45, 7) is 3.28. The van der Waals surface area contributed by atoms with E-state index in [9.17, 15) is 9.18 Å². The van der Waals surface area contributed by atoms with E-state index in [4.69, 9.17) is 21.1 Å². The highest BCUT2D eigenvalue weighted by Gasteiger charge is 2.23. The number of ether oxygens (including phenoxy) is 2. The second-order valence-electron chi connectivity index (χ2n) is 6.26. The predicted octanol–water partition coefficient (Wildman–Crippen LogP) is 3.05. The Hall–Kier alpha value is -2.15. The van der Waals surface area contributed by atoms with Gasteiger partial charge in [0.15, 0.2) is 6.61 Å². The molecule has 3 rings (SSSR count). The summed E-state index contributed by atoms with van der Waals surface area (Å²) in [5.74, 6) is -0.122. The zero-order valence-electron chi connectivity index (χ0n) is 14.9. The average molecular weight is 393 g/mol. The number of rotatable bonds is 7. The van der Waals surface area contributed by atoms with Crippen LogP contribution in [0, 0.1) is 5.82 Å². The van der Waals surface area contributed by atoms with Crippen molar-refractivity contribution in [2.45, 2.75) is 6.04 Å². The van der Waals surface area contributed by atoms with Gasteiger partial charge < -0.3 is 14.8 Å². The third-order valence-electron chi connectivity index (χ3n) is 4.42. The first-order valence-electron chi connectivity index (χ1n) is 8.84. The van der Waals surface area contributed by atoms with Gasteiger partial charge in [-0.05, 0) is 42.0 Å². The number of nitrogens with one attached hydrogen (secondary N) is 1. The zero-order chi connectivity index (χ0) is 19.1. The van der Waals surface area contributed by atoms with Crippen LogP contribution in [0.15, 0.2) is 48.5 Å². The molecule has 1 amide bonds. The summed E-state index contributed by atoms with van der Waals surface area (Å²) in [7, 11) is 0. The Balaban J connectivity index is 1.57. The molecule has 27 heavy (non-hydrogen) atoms. The van der Waals surface area contributed by atoms with Crippen LogP contribution in [0.2, 0.25) is 5.02 Å². The van der Waals surface area contributed by atoms with Crippen molar-refractivity contribution in [2.75, 3.05) is 39.5 Å². The molecule has 0 spiro atoms. The van der Waals surface area contributed by atoms with Gasteiger partial charge in [-0.3, -0.25) is 9.69 Å². The lowest BCUT2D eigenvalue weighted by molar-refractivity contribution is -0.123. The van der Waals surface area contributed by atoms with Gasteiger partial charge in [0, 0.05) is 24.7 Å². The van der Waals surface area contributed by atoms with Crippen molar-refractivity contribution in [3.05, 3.63) is 64.9 Å². The Kier molecular flexibility index (Phi) is 7.04. The van der Waals surface area contributed by atoms with Gasteiger partial charge >= 0.3 is 0 Å². The second kappa shape index (κ2) is 9.69. The normalized spacial score (nSPS) is 15.9. The monoisotopic (exact) mass is 392 g/mol. The van der Waals surface area contributed by atoms with E-state index in [0.717, 1.165) is 18.7 Å². The molecule has 1 aliphatic rings. The molecule has 0 radical (unpaired) electrons. The van der Waals surface area contributed by atoms with Gasteiger partial charge in [0.2, 0.25) is 0 Å². The lowest BCUT2D eigenvalue weighted by Crippen LogP contribution is -2.44. The van der Waals surface area contributed by atoms with Crippen molar-refractivity contribution in [3.8, 4) is 5.75 Å². The molecule has 7 heteroatoms. The second-order valence-corrected chi connectivity index (χ2v) is 6.70. The molecular formula is C20H22ClFN2O3. The van der Waals surface area contributed by atoms with Crippen molar-refractivity contribution in [3.63, 3.8) is 0 Å². The summed E-state index contributed by atoms with van der Waals surface area (Å²) in [6.07, 6.45) is 0. The Morgan fingerprint density at radius 2 is 1.81 bits per heavy atom. The Labute approximate surface area is 163 Å². The highest BCUT2D eigenvalue weighted by molar-refractivity contribution is 6.30. The Morgan fingerprint density at radius 3 is 2.48 bits per heavy atom. The van der Waals surface area contributed by atoms with E-state index in [2.05, 4.69) is 10.2 Å². The number of carbonyl (C=O) groups is 1. The minimum Gasteiger partial charge on any atom is -0.484 e. The molecule has 1 fully saturated rings. The Bertz CT molecular complexity index is 734. The van der Waals surface area contributed by atoms with Crippen molar-refractivity contribution in [1.29, 1.82) is 0 Å². The average Bonchev–Trinajstić information content (AvgIpc) is 2.70. The van der Waals surface area contributed by atoms with E-state index in [-0.39, 0.29) is 24.4 Å². The maximum absolute atomic E-state index is 12.9. The molecule has 5 nitrogen and oxygen atoms in total. The fourth-order valence-corrected chi connectivity index (χ4v) is 3.10. The van der Waals surface area contributed by atoms with Crippen molar-refractivity contribution in [2.24, 2.45) is 0 Å². The standard InChI is InChI=1S/C20H22ClFN2O3/c21-16-3-1-15(2-4-16)19(24-9-11-26-12-10-24)13-23-20(25)14-27-18-7-5-17(22)6-8-18/h1-8,19H,9-14H2,(H,23,25)/t19-/m1/s1. The summed E-state index contributed by atoms with van der Waals surface area (Å²) in [6, 6.07) is 13.3. The molecule has 0 bridgehead atoms. The number of nitrogens with zero attached hydrogens (tertiary/aromatic N) is 1. The van der Waals surface area contributed by atoms with Crippen LogP contribution in [-0.2, 0) is 9.53 Å². The maximum Gasteiger partial charge on any atom is 0.258 e. The van der Waals surface area contributed by atoms with Crippen LogP contribution in [0.3, 0.4) is 0 Å². The van der Waals surface area contributed by atoms with Gasteiger partial charge in [-0.1, -0.05) is 23.7 Å². The highest BCUT2D eigenvalue weighted by atomic mass is 35.5. The van der Waals surface area contributed by atoms with Gasteiger partial charge in [0.1, 0.15) is 11.6 Å². The van der Waals surface area contributed by atoms with E-state index in [1.165, 1.54) is 24.3 Å². The Morgan fingerprint density at radius 1 is 1.15 bits per heavy atom. The summed E-state index contributed by atoms with van der Waals surface area (Å²) in [5, 5.41) is 3.60. The third-order valence-corrected chi connectivity index (χ3v) is 4.67. The first kappa shape index (κ1) is 19.6. The van der Waals surface area contributed by atoms with Crippen molar-refractivity contribution < 1.29 is 18.7 Å². The lowest BCUT2D eigenvalue weighted by atomic mass is 10.0. The summed E-state index contributed by atoms with van der Waals surface area (Å²) >= 11 is 6.00. The molecule has 0 unspecified atom stereocenters. The first-order valence-corrected chi connectivity index (χ1v) is 9.22. The number of carbonyl (C=O) groups excluding carboxylic acids is 1. The number of hydrogen-bond acceptors (Lipinski definition) is 4. The summed E-state index contributed by atoms with van der Waals surface area (Å²) < 4.78 is 23.7. The molecule has 1 aliphatic heterocycles. The molecule has 1 heterocycles. The van der Waals surface area contributed by atoms with Gasteiger partial charge in [-0.15, -0.1) is 0 Å². The largest absolute Gasteiger partial charge is 0.484 e. The smallest absolute Gasteiger partial charge is 0.258 e. The third kappa shape index (κ3) is 5.92. The molecule has 144 valence electrons. The number of halogens is 2. The zero-order valence-corrected chi connectivity index (χ0v) is 15.6. The first-order chi connectivity index (χ1) is 13.1. The van der Waals surface area contributed by atoms with E-state index >= 15 is 0 Å². The number of hydrogen-bond donors (Lipinski definition) is 1. The molecule has 0 saturated carbocycles. The fourth-order valence-electron chi connectivity index (χ4n) is 2.97. The molecule has 2 aromatic rings. The summed E-state index contributed by atoms with van der Waals surface area (Å²) in [5.41, 5.74) is 1.08. The van der Waals surface area contributed by atoms with Crippen LogP contribution < -0.4 is 10.1 Å². The van der Waals surface area contributed by atoms with Crippen LogP contribution in [-0.4, -0.2) is 50.3 Å². The topological polar surface area (TPSA) is 50.8 Å². The molecule has 0 aliphatic carbocycles. The maximum atomic E-state index is 12.9. The minimum absolute atomic E-state index is 0.0286. The SMILES string of the molecule is O=C(COc1ccc(F)cc1)NC[C@H](c1ccc(Cl)cc1)N1CCOCC1. The molecule has 0 aromatic heterocycles. The number of amides is 1. The lowest BCUT2D eigenvalue weighted by Gasteiger charge is -2.35. The fraction of sp³-hybridized carbons (Fsp3) is 0.350. The highest BCUT2D eigenvalue weighted by Crippen LogP contribution is 2.23. The molecule has 1 atom stereocenters. The van der Waals surface area contributed by atoms with Gasteiger partial charge in [-0.25, -0.2) is 4.39 Å². The molecule has 2 aromatic carbocycles. The van der Waals surface area contributed by atoms with Gasteiger partial charge in [0.25, 0.3) is 5.91 Å². The quantitative estimate of drug-likeness (QED) is 0.786. The van der Waals surface area contributed by atoms with E-state index in [1.807, 2.05) is 24.3 Å². The van der Waals surface area contributed by atoms with Crippen LogP contribution in [0.5, 0.6) is 5.75 Å². The van der Waals surface area contributed by atoms with Crippen molar-refractivity contribution in [1.82, 2.24) is 10.2 Å². The predicted molar refractivity (Wildman–Crippen MR) is 101 cm³/mol. The summed E-state index contributed by atoms with van der Waals surface area (Å²) in [4.78, 5) is 14.5. The molecular weight excluding hydrogens is 371 g/mol. The molecule has 1 N–H and O–H groups in total. The van der Waals surface area contributed by atoms with Crippen LogP contribution in [0.1, 0.15) is 11.6 Å². The minimum atomic E-state index is -0.344. The van der Waals surface area contributed by atoms with Crippen molar-refractivity contribution >= 4 is 17.5 Å². The van der Waals surface area contributed by atoms with E-state index in [1.54, 1.807) is 0 Å².